The minimum absolute atomic E-state index is 0. The van der Waals surface area contributed by atoms with Crippen LogP contribution < -0.4 is 0 Å². The topological polar surface area (TPSA) is 74.6 Å². The van der Waals surface area contributed by atoms with Crippen LogP contribution in [0.5, 0.6) is 0 Å². The van der Waals surface area contributed by atoms with Crippen molar-refractivity contribution >= 4 is 9.84 Å². The van der Waals surface area contributed by atoms with Gasteiger partial charge in [0.25, 0.3) is 0 Å². The molecule has 0 aliphatic carbocycles. The fraction of sp³-hybridized carbons (Fsp3) is 0.125. The van der Waals surface area contributed by atoms with E-state index >= 15 is 0 Å². The van der Waals surface area contributed by atoms with Crippen molar-refractivity contribution in [2.75, 3.05) is 14.2 Å². The van der Waals surface area contributed by atoms with Crippen molar-refractivity contribution < 1.29 is 57.6 Å². The van der Waals surface area contributed by atoms with Crippen LogP contribution >= 0.6 is 0 Å². The van der Waals surface area contributed by atoms with E-state index in [0.29, 0.717) is 9.79 Å². The monoisotopic (exact) mass is 516 g/mol. The van der Waals surface area contributed by atoms with Crippen molar-refractivity contribution in [3.63, 3.8) is 0 Å². The van der Waals surface area contributed by atoms with Crippen LogP contribution in [0.1, 0.15) is 0 Å². The molecule has 7 heteroatoms. The molecule has 0 spiro atoms. The van der Waals surface area contributed by atoms with Gasteiger partial charge in [0.05, 0.1) is 9.79 Å². The summed E-state index contributed by atoms with van der Waals surface area (Å²) < 4.78 is 24.1. The maximum Gasteiger partial charge on any atom is 1.00 e. The van der Waals surface area contributed by atoms with Gasteiger partial charge in [-0.05, 0) is 24.3 Å². The number of aliphatic hydroxyl groups excluding tert-OH is 2. The number of aliphatic hydroxyl groups is 2. The summed E-state index contributed by atoms with van der Waals surface area (Å²) in [5.41, 5.74) is 0. The summed E-state index contributed by atoms with van der Waals surface area (Å²) in [5.74, 6) is 0. The smallest absolute Gasteiger partial charge is 0.400 e. The van der Waals surface area contributed by atoms with Gasteiger partial charge in [0.2, 0.25) is 9.84 Å². The van der Waals surface area contributed by atoms with Gasteiger partial charge in [-0.25, -0.2) is 8.42 Å². The third-order valence-corrected chi connectivity index (χ3v) is 3.89. The first-order chi connectivity index (χ1) is 9.21. The first-order valence-corrected chi connectivity index (χ1v) is 6.94. The van der Waals surface area contributed by atoms with Crippen molar-refractivity contribution in [2.24, 2.45) is 0 Å². The second-order valence-electron chi connectivity index (χ2n) is 3.13. The van der Waals surface area contributed by atoms with Gasteiger partial charge in [-0.2, -0.15) is 0 Å². The molecular weight excluding hydrogens is 490 g/mol. The SMILES string of the molecule is CO.CO.O=S(=O)(c1ccccc1)c1ccccc1.[CH3-].[CH3-].[Ru+].[Ru+]. The van der Waals surface area contributed by atoms with E-state index in [1.54, 1.807) is 60.7 Å². The molecule has 2 aromatic carbocycles. The van der Waals surface area contributed by atoms with Gasteiger partial charge < -0.3 is 25.1 Å². The Morgan fingerprint density at radius 3 is 1.04 bits per heavy atom. The molecular formula is C16H24O4Ru2S. The van der Waals surface area contributed by atoms with Crippen LogP contribution in [0.4, 0.5) is 0 Å². The molecule has 0 bridgehead atoms. The molecule has 0 aliphatic heterocycles. The van der Waals surface area contributed by atoms with E-state index in [-0.39, 0.29) is 53.8 Å². The molecule has 2 radical (unpaired) electrons. The van der Waals surface area contributed by atoms with E-state index in [1.165, 1.54) is 0 Å². The van der Waals surface area contributed by atoms with E-state index in [9.17, 15) is 8.42 Å². The number of rotatable bonds is 2. The summed E-state index contributed by atoms with van der Waals surface area (Å²) in [6.45, 7) is 0. The van der Waals surface area contributed by atoms with Gasteiger partial charge in [0.1, 0.15) is 0 Å². The molecule has 2 N–H and O–H groups in total. The number of benzene rings is 2. The molecule has 0 saturated heterocycles. The largest absolute Gasteiger partial charge is 1.00 e. The zero-order valence-electron chi connectivity index (χ0n) is 13.6. The third kappa shape index (κ3) is 10.9. The first kappa shape index (κ1) is 34.0. The van der Waals surface area contributed by atoms with Crippen LogP contribution in [-0.4, -0.2) is 32.9 Å². The predicted octanol–water partition coefficient (Wildman–Crippen LogP) is 2.63. The molecule has 0 aliphatic rings. The molecule has 0 amide bonds. The quantitative estimate of drug-likeness (QED) is 0.478. The fourth-order valence-corrected chi connectivity index (χ4v) is 2.64. The minimum atomic E-state index is -3.34. The molecule has 134 valence electrons. The Kier molecular flexibility index (Phi) is 29.0. The summed E-state index contributed by atoms with van der Waals surface area (Å²) in [5, 5.41) is 14.0. The average molecular weight is 515 g/mol. The fourth-order valence-electron chi connectivity index (χ4n) is 1.34. The number of hydrogen-bond donors (Lipinski definition) is 2. The van der Waals surface area contributed by atoms with Crippen molar-refractivity contribution in [2.45, 2.75) is 9.79 Å². The molecule has 2 aromatic rings. The van der Waals surface area contributed by atoms with Gasteiger partial charge in [0, 0.05) is 14.2 Å². The summed E-state index contributed by atoms with van der Waals surface area (Å²) in [6.07, 6.45) is 0. The molecule has 2 rings (SSSR count). The summed E-state index contributed by atoms with van der Waals surface area (Å²) in [4.78, 5) is 0.660. The van der Waals surface area contributed by atoms with Gasteiger partial charge >= 0.3 is 39.0 Å². The molecule has 23 heavy (non-hydrogen) atoms. The van der Waals surface area contributed by atoms with Crippen LogP contribution in [0.2, 0.25) is 0 Å². The zero-order chi connectivity index (χ0) is 14.7. The molecule has 0 aromatic heterocycles. The van der Waals surface area contributed by atoms with E-state index in [2.05, 4.69) is 0 Å². The van der Waals surface area contributed by atoms with Crippen molar-refractivity contribution in [3.8, 4) is 0 Å². The average Bonchev–Trinajstić information content (AvgIpc) is 2.53. The van der Waals surface area contributed by atoms with Gasteiger partial charge in [-0.1, -0.05) is 36.4 Å². The second-order valence-corrected chi connectivity index (χ2v) is 5.08. The number of sulfone groups is 1. The Labute approximate surface area is 166 Å². The molecule has 0 atom stereocenters. The van der Waals surface area contributed by atoms with E-state index in [0.717, 1.165) is 14.2 Å². The predicted molar refractivity (Wildman–Crippen MR) is 87.4 cm³/mol. The van der Waals surface area contributed by atoms with Gasteiger partial charge in [0.15, 0.2) is 0 Å². The summed E-state index contributed by atoms with van der Waals surface area (Å²) in [6, 6.07) is 16.9. The minimum Gasteiger partial charge on any atom is -0.400 e. The summed E-state index contributed by atoms with van der Waals surface area (Å²) >= 11 is 0. The van der Waals surface area contributed by atoms with Crippen LogP contribution in [0.3, 0.4) is 0 Å². The second kappa shape index (κ2) is 19.6. The normalized spacial score (nSPS) is 7.83. The molecule has 0 heterocycles. The van der Waals surface area contributed by atoms with Crippen LogP contribution in [0.15, 0.2) is 70.5 Å². The van der Waals surface area contributed by atoms with Crippen LogP contribution in [0, 0.1) is 14.9 Å². The first-order valence-electron chi connectivity index (χ1n) is 5.46. The van der Waals surface area contributed by atoms with Crippen molar-refractivity contribution in [3.05, 3.63) is 75.5 Å². The Hall–Kier alpha value is -0.443. The van der Waals surface area contributed by atoms with Gasteiger partial charge in [-0.3, -0.25) is 0 Å². The number of hydrogen-bond acceptors (Lipinski definition) is 4. The maximum absolute atomic E-state index is 12.0. The van der Waals surface area contributed by atoms with Crippen LogP contribution in [-0.2, 0) is 48.8 Å². The molecule has 0 unspecified atom stereocenters. The Morgan fingerprint density at radius 2 is 0.826 bits per heavy atom. The molecule has 0 saturated carbocycles. The Balaban J connectivity index is -0.000000126. The Bertz CT molecular complexity index is 501. The van der Waals surface area contributed by atoms with Crippen molar-refractivity contribution in [1.82, 2.24) is 0 Å². The van der Waals surface area contributed by atoms with Gasteiger partial charge in [-0.15, -0.1) is 0 Å². The zero-order valence-corrected chi connectivity index (χ0v) is 17.9. The Morgan fingerprint density at radius 1 is 0.609 bits per heavy atom. The molecule has 0 fully saturated rings. The van der Waals surface area contributed by atoms with E-state index in [4.69, 9.17) is 10.2 Å². The van der Waals surface area contributed by atoms with Crippen LogP contribution in [0.25, 0.3) is 0 Å². The van der Waals surface area contributed by atoms with E-state index < -0.39 is 9.84 Å². The summed E-state index contributed by atoms with van der Waals surface area (Å²) in [7, 11) is -1.34. The maximum atomic E-state index is 12.0. The third-order valence-electron chi connectivity index (χ3n) is 2.11. The van der Waals surface area contributed by atoms with Crippen molar-refractivity contribution in [1.29, 1.82) is 0 Å². The standard InChI is InChI=1S/C12H10O2S.2CH4O.2CH3.2Ru/c13-15(14,11-7-3-1-4-8-11)12-9-5-2-6-10-12;2*1-2;;;;/h1-10H;2*2H,1H3;2*1H3;;/q;;;2*-1;2*+1. The molecule has 4 nitrogen and oxygen atoms in total. The van der Waals surface area contributed by atoms with E-state index in [1.807, 2.05) is 0 Å².